The Labute approximate surface area is 191 Å². The van der Waals surface area contributed by atoms with Gasteiger partial charge in [0.1, 0.15) is 17.2 Å². The number of nitrogens with zero attached hydrogens (tertiary/aromatic N) is 2. The first-order valence-corrected chi connectivity index (χ1v) is 11.0. The number of aliphatic hydroxyl groups is 1. The summed E-state index contributed by atoms with van der Waals surface area (Å²) in [6.07, 6.45) is 7.92. The quantitative estimate of drug-likeness (QED) is 0.554. The molecule has 1 atom stereocenters. The van der Waals surface area contributed by atoms with E-state index < -0.39 is 11.7 Å². The molecule has 172 valence electrons. The minimum atomic E-state index is -0.580. The molecule has 0 spiro atoms. The van der Waals surface area contributed by atoms with Crippen molar-refractivity contribution in [2.24, 2.45) is 5.92 Å². The van der Waals surface area contributed by atoms with Gasteiger partial charge in [-0.25, -0.2) is 4.68 Å². The predicted octanol–water partition coefficient (Wildman–Crippen LogP) is 3.95. The number of ether oxygens (including phenoxy) is 1. The second kappa shape index (κ2) is 9.92. The average Bonchev–Trinajstić information content (AvgIpc) is 3.28. The molecule has 1 unspecified atom stereocenters. The molecule has 3 N–H and O–H groups in total. The van der Waals surface area contributed by atoms with Crippen LogP contribution in [0.15, 0.2) is 53.7 Å². The fourth-order valence-electron chi connectivity index (χ4n) is 4.38. The Bertz CT molecular complexity index is 1180. The number of rotatable bonds is 7. The van der Waals surface area contributed by atoms with Crippen LogP contribution in [0.5, 0.6) is 11.5 Å². The monoisotopic (exact) mass is 451 g/mol. The Morgan fingerprint density at radius 1 is 1.30 bits per heavy atom. The number of aromatic nitrogens is 2. The SMILES string of the molecule is COc1cccc(O)c1-c1cc(C(=O)NC(CO)C2CCCCC2)nn1C1=C=C=C(F)C=C1. The van der Waals surface area contributed by atoms with Crippen LogP contribution in [0, 0.1) is 5.92 Å². The van der Waals surface area contributed by atoms with E-state index in [2.05, 4.69) is 21.9 Å². The topological polar surface area (TPSA) is 96.6 Å². The summed E-state index contributed by atoms with van der Waals surface area (Å²) in [5.74, 6) is -0.495. The standard InChI is InChI=1S/C25H26FN3O4/c1-33-23-9-5-8-22(31)24(23)21-14-19(28-29(21)18-12-10-17(26)11-13-18)25(32)27-20(15-30)16-6-3-2-4-7-16/h5,8-10,12,14,16,20,30-31H,2-4,6-7,15H2,1H3,(H,27,32). The molecule has 1 amide bonds. The summed E-state index contributed by atoms with van der Waals surface area (Å²) in [6.45, 7) is -0.155. The number of hydrogen-bond donors (Lipinski definition) is 3. The number of methoxy groups -OCH3 is 1. The van der Waals surface area contributed by atoms with Crippen molar-refractivity contribution in [1.29, 1.82) is 0 Å². The van der Waals surface area contributed by atoms with Crippen molar-refractivity contribution in [3.8, 4) is 22.8 Å². The van der Waals surface area contributed by atoms with Gasteiger partial charge in [-0.05, 0) is 60.6 Å². The lowest BCUT2D eigenvalue weighted by molar-refractivity contribution is 0.0865. The third kappa shape index (κ3) is 4.78. The molecule has 0 radical (unpaired) electrons. The molecule has 2 aliphatic carbocycles. The zero-order valence-corrected chi connectivity index (χ0v) is 18.3. The number of carbonyl (C=O) groups excluding carboxylic acids is 1. The maximum atomic E-state index is 13.4. The summed E-state index contributed by atoms with van der Waals surface area (Å²) in [7, 11) is 1.47. The van der Waals surface area contributed by atoms with Crippen molar-refractivity contribution in [3.63, 3.8) is 0 Å². The van der Waals surface area contributed by atoms with Gasteiger partial charge in [-0.15, -0.1) is 0 Å². The van der Waals surface area contributed by atoms with Gasteiger partial charge in [-0.1, -0.05) is 25.3 Å². The van der Waals surface area contributed by atoms with Gasteiger partial charge in [0, 0.05) is 0 Å². The first-order chi connectivity index (χ1) is 16.0. The Morgan fingerprint density at radius 3 is 2.76 bits per heavy atom. The first-order valence-electron chi connectivity index (χ1n) is 11.0. The summed E-state index contributed by atoms with van der Waals surface area (Å²) < 4.78 is 20.2. The molecule has 2 aromatic rings. The van der Waals surface area contributed by atoms with Crippen molar-refractivity contribution in [2.45, 2.75) is 38.1 Å². The molecular formula is C25H26FN3O4. The normalized spacial score (nSPS) is 16.8. The van der Waals surface area contributed by atoms with Crippen LogP contribution >= 0.6 is 0 Å². The minimum Gasteiger partial charge on any atom is -0.507 e. The number of aliphatic hydroxyl groups excluding tert-OH is 1. The van der Waals surface area contributed by atoms with Crippen LogP contribution in [0.25, 0.3) is 17.0 Å². The number of benzene rings is 1. The highest BCUT2D eigenvalue weighted by Gasteiger charge is 2.27. The summed E-state index contributed by atoms with van der Waals surface area (Å²) in [6, 6.07) is 5.98. The van der Waals surface area contributed by atoms with Gasteiger partial charge >= 0.3 is 0 Å². The fourth-order valence-corrected chi connectivity index (χ4v) is 4.38. The van der Waals surface area contributed by atoms with Gasteiger partial charge in [-0.2, -0.15) is 9.49 Å². The highest BCUT2D eigenvalue weighted by atomic mass is 19.1. The summed E-state index contributed by atoms with van der Waals surface area (Å²) in [5, 5.41) is 27.8. The van der Waals surface area contributed by atoms with Gasteiger partial charge in [0.15, 0.2) is 11.5 Å². The number of aromatic hydroxyl groups is 1. The molecule has 1 saturated carbocycles. The lowest BCUT2D eigenvalue weighted by atomic mass is 9.84. The number of nitrogens with one attached hydrogen (secondary N) is 1. The molecule has 0 aliphatic heterocycles. The maximum absolute atomic E-state index is 13.4. The van der Waals surface area contributed by atoms with E-state index in [-0.39, 0.29) is 30.0 Å². The van der Waals surface area contributed by atoms with E-state index in [9.17, 15) is 19.4 Å². The van der Waals surface area contributed by atoms with Crippen molar-refractivity contribution in [2.75, 3.05) is 13.7 Å². The third-order valence-electron chi connectivity index (χ3n) is 6.08. The van der Waals surface area contributed by atoms with Crippen LogP contribution in [0.2, 0.25) is 0 Å². The maximum Gasteiger partial charge on any atom is 0.272 e. The van der Waals surface area contributed by atoms with Gasteiger partial charge in [0.2, 0.25) is 0 Å². The highest BCUT2D eigenvalue weighted by molar-refractivity contribution is 5.94. The number of phenols is 1. The molecule has 4 rings (SSSR count). The van der Waals surface area contributed by atoms with Crippen molar-refractivity contribution >= 4 is 11.6 Å². The van der Waals surface area contributed by atoms with Crippen LogP contribution in [0.4, 0.5) is 4.39 Å². The van der Waals surface area contributed by atoms with Crippen LogP contribution in [-0.4, -0.2) is 45.7 Å². The highest BCUT2D eigenvalue weighted by Crippen LogP contribution is 2.39. The second-order valence-corrected chi connectivity index (χ2v) is 8.16. The number of hydrogen-bond acceptors (Lipinski definition) is 5. The summed E-state index contributed by atoms with van der Waals surface area (Å²) >= 11 is 0. The molecule has 1 aromatic carbocycles. The third-order valence-corrected chi connectivity index (χ3v) is 6.08. The lowest BCUT2D eigenvalue weighted by Gasteiger charge is -2.29. The van der Waals surface area contributed by atoms with E-state index in [1.165, 1.54) is 42.5 Å². The number of phenolic OH excluding ortho intramolecular Hbond substituents is 1. The number of amides is 1. The molecule has 7 nitrogen and oxygen atoms in total. The Hall–Kier alpha value is -3.57. The van der Waals surface area contributed by atoms with E-state index in [0.29, 0.717) is 22.7 Å². The molecular weight excluding hydrogens is 425 g/mol. The first kappa shape index (κ1) is 22.6. The molecule has 1 heterocycles. The minimum absolute atomic E-state index is 0.0658. The van der Waals surface area contributed by atoms with E-state index in [1.54, 1.807) is 12.1 Å². The lowest BCUT2D eigenvalue weighted by Crippen LogP contribution is -2.43. The predicted molar refractivity (Wildman–Crippen MR) is 121 cm³/mol. The van der Waals surface area contributed by atoms with Crippen LogP contribution in [0.1, 0.15) is 42.6 Å². The molecule has 2 aliphatic rings. The molecule has 8 heteroatoms. The van der Waals surface area contributed by atoms with E-state index in [1.807, 2.05) is 0 Å². The van der Waals surface area contributed by atoms with E-state index in [0.717, 1.165) is 25.7 Å². The number of allylic oxidation sites excluding steroid dienone is 4. The van der Waals surface area contributed by atoms with Crippen molar-refractivity contribution in [3.05, 3.63) is 59.4 Å². The summed E-state index contributed by atoms with van der Waals surface area (Å²) in [5.41, 5.74) is 6.16. The van der Waals surface area contributed by atoms with Gasteiger partial charge < -0.3 is 20.3 Å². The molecule has 0 saturated heterocycles. The van der Waals surface area contributed by atoms with Gasteiger partial charge in [0.25, 0.3) is 5.91 Å². The Balaban J connectivity index is 1.75. The fraction of sp³-hybridized carbons (Fsp3) is 0.360. The van der Waals surface area contributed by atoms with Crippen molar-refractivity contribution in [1.82, 2.24) is 15.1 Å². The summed E-state index contributed by atoms with van der Waals surface area (Å²) in [4.78, 5) is 13.1. The molecule has 1 aromatic heterocycles. The molecule has 1 fully saturated rings. The Morgan fingerprint density at radius 2 is 2.09 bits per heavy atom. The number of halogens is 1. The van der Waals surface area contributed by atoms with Crippen LogP contribution < -0.4 is 10.1 Å². The van der Waals surface area contributed by atoms with Gasteiger partial charge in [-0.3, -0.25) is 4.79 Å². The van der Waals surface area contributed by atoms with Crippen LogP contribution in [0.3, 0.4) is 0 Å². The second-order valence-electron chi connectivity index (χ2n) is 8.16. The van der Waals surface area contributed by atoms with E-state index in [4.69, 9.17) is 4.74 Å². The average molecular weight is 451 g/mol. The number of carbonyl (C=O) groups is 1. The zero-order chi connectivity index (χ0) is 23.4. The van der Waals surface area contributed by atoms with Crippen LogP contribution in [-0.2, 0) is 0 Å². The molecule has 0 bridgehead atoms. The Kier molecular flexibility index (Phi) is 6.80. The smallest absolute Gasteiger partial charge is 0.272 e. The van der Waals surface area contributed by atoms with E-state index >= 15 is 0 Å². The molecule has 33 heavy (non-hydrogen) atoms. The van der Waals surface area contributed by atoms with Crippen molar-refractivity contribution < 1.29 is 24.1 Å². The zero-order valence-electron chi connectivity index (χ0n) is 18.3. The largest absolute Gasteiger partial charge is 0.507 e. The van der Waals surface area contributed by atoms with Gasteiger partial charge in [0.05, 0.1) is 31.0 Å².